The lowest BCUT2D eigenvalue weighted by Gasteiger charge is -2.34. The maximum Gasteiger partial charge on any atom is 0.222 e. The second-order valence-corrected chi connectivity index (χ2v) is 8.14. The van der Waals surface area contributed by atoms with Crippen molar-refractivity contribution in [3.63, 3.8) is 0 Å². The summed E-state index contributed by atoms with van der Waals surface area (Å²) >= 11 is 0. The molecular weight excluding hydrogens is 374 g/mol. The van der Waals surface area contributed by atoms with Crippen LogP contribution in [0.3, 0.4) is 0 Å². The Morgan fingerprint density at radius 3 is 2.47 bits per heavy atom. The van der Waals surface area contributed by atoms with Gasteiger partial charge in [-0.1, -0.05) is 44.7 Å². The fraction of sp³-hybridized carbons (Fsp3) is 0.542. The van der Waals surface area contributed by atoms with Crippen LogP contribution < -0.4 is 0 Å². The van der Waals surface area contributed by atoms with Crippen LogP contribution >= 0.6 is 0 Å². The lowest BCUT2D eigenvalue weighted by Crippen LogP contribution is -2.48. The predicted octanol–water partition coefficient (Wildman–Crippen LogP) is 3.81. The van der Waals surface area contributed by atoms with Crippen molar-refractivity contribution in [1.82, 2.24) is 19.4 Å². The summed E-state index contributed by atoms with van der Waals surface area (Å²) in [5, 5.41) is 8.94. The molecule has 0 saturated carbocycles. The molecule has 0 radical (unpaired) electrons. The first-order chi connectivity index (χ1) is 14.7. The van der Waals surface area contributed by atoms with Crippen LogP contribution in [0.4, 0.5) is 0 Å². The Morgan fingerprint density at radius 1 is 1.03 bits per heavy atom. The molecule has 0 unspecified atom stereocenters. The molecular formula is C24H33N5O. The van der Waals surface area contributed by atoms with E-state index in [0.29, 0.717) is 17.9 Å². The van der Waals surface area contributed by atoms with Crippen LogP contribution in [0.25, 0.3) is 0 Å². The van der Waals surface area contributed by atoms with E-state index in [1.165, 1.54) is 31.4 Å². The predicted molar refractivity (Wildman–Crippen MR) is 118 cm³/mol. The lowest BCUT2D eigenvalue weighted by atomic mass is 10.1. The number of nitriles is 1. The number of carbonyl (C=O) groups excluding carboxylic acids is 1. The molecule has 2 aromatic rings. The average molecular weight is 408 g/mol. The third-order valence-electron chi connectivity index (χ3n) is 5.84. The summed E-state index contributed by atoms with van der Waals surface area (Å²) in [7, 11) is 0. The van der Waals surface area contributed by atoms with Crippen LogP contribution in [-0.2, 0) is 17.9 Å². The number of piperazine rings is 1. The summed E-state index contributed by atoms with van der Waals surface area (Å²) in [5.41, 5.74) is 3.01. The van der Waals surface area contributed by atoms with Crippen molar-refractivity contribution in [3.8, 4) is 6.07 Å². The Balaban J connectivity index is 1.43. The van der Waals surface area contributed by atoms with Crippen molar-refractivity contribution in [3.05, 3.63) is 53.6 Å². The number of hydrogen-bond acceptors (Lipinski definition) is 4. The van der Waals surface area contributed by atoms with Crippen LogP contribution in [0.15, 0.2) is 36.8 Å². The fourth-order valence-corrected chi connectivity index (χ4v) is 3.93. The van der Waals surface area contributed by atoms with Gasteiger partial charge >= 0.3 is 0 Å². The van der Waals surface area contributed by atoms with Gasteiger partial charge in [-0.15, -0.1) is 0 Å². The zero-order valence-electron chi connectivity index (χ0n) is 18.1. The molecule has 160 valence electrons. The van der Waals surface area contributed by atoms with Gasteiger partial charge in [0, 0.05) is 51.9 Å². The summed E-state index contributed by atoms with van der Waals surface area (Å²) in [5.74, 6) is 0.317. The monoisotopic (exact) mass is 407 g/mol. The SMILES string of the molecule is CCCCCCCC(=O)N1CCN(Cc2cncn2Cc2ccc(C#N)cc2)CC1. The number of carbonyl (C=O) groups is 1. The van der Waals surface area contributed by atoms with E-state index in [2.05, 4.69) is 27.4 Å². The first-order valence-corrected chi connectivity index (χ1v) is 11.2. The fourth-order valence-electron chi connectivity index (χ4n) is 3.93. The summed E-state index contributed by atoms with van der Waals surface area (Å²) in [6.07, 6.45) is 10.4. The molecule has 3 rings (SSSR count). The number of imidazole rings is 1. The minimum atomic E-state index is 0.317. The Labute approximate surface area is 180 Å². The molecule has 1 aliphatic heterocycles. The molecule has 30 heavy (non-hydrogen) atoms. The third kappa shape index (κ3) is 6.43. The number of nitrogens with zero attached hydrogens (tertiary/aromatic N) is 5. The Hall–Kier alpha value is -2.65. The average Bonchev–Trinajstić information content (AvgIpc) is 3.21. The zero-order valence-corrected chi connectivity index (χ0v) is 18.1. The van der Waals surface area contributed by atoms with E-state index in [9.17, 15) is 4.79 Å². The van der Waals surface area contributed by atoms with Gasteiger partial charge < -0.3 is 9.47 Å². The zero-order chi connectivity index (χ0) is 21.2. The number of aromatic nitrogens is 2. The minimum absolute atomic E-state index is 0.317. The molecule has 1 aliphatic rings. The highest BCUT2D eigenvalue weighted by Crippen LogP contribution is 2.13. The molecule has 1 fully saturated rings. The van der Waals surface area contributed by atoms with E-state index in [1.54, 1.807) is 0 Å². The van der Waals surface area contributed by atoms with E-state index < -0.39 is 0 Å². The lowest BCUT2D eigenvalue weighted by molar-refractivity contribution is -0.133. The highest BCUT2D eigenvalue weighted by molar-refractivity contribution is 5.76. The van der Waals surface area contributed by atoms with Gasteiger partial charge in [-0.2, -0.15) is 5.26 Å². The van der Waals surface area contributed by atoms with Gasteiger partial charge in [0.25, 0.3) is 0 Å². The topological polar surface area (TPSA) is 65.2 Å². The molecule has 1 saturated heterocycles. The quantitative estimate of drug-likeness (QED) is 0.562. The van der Waals surface area contributed by atoms with E-state index >= 15 is 0 Å². The largest absolute Gasteiger partial charge is 0.340 e. The summed E-state index contributed by atoms with van der Waals surface area (Å²) in [6.45, 7) is 7.25. The van der Waals surface area contributed by atoms with Crippen LogP contribution in [0.1, 0.15) is 62.3 Å². The smallest absolute Gasteiger partial charge is 0.222 e. The Kier molecular flexibility index (Phi) is 8.46. The maximum atomic E-state index is 12.4. The molecule has 0 N–H and O–H groups in total. The van der Waals surface area contributed by atoms with Crippen molar-refractivity contribution in [1.29, 1.82) is 5.26 Å². The molecule has 6 heteroatoms. The molecule has 0 bridgehead atoms. The molecule has 1 aromatic heterocycles. The van der Waals surface area contributed by atoms with Crippen molar-refractivity contribution in [2.75, 3.05) is 26.2 Å². The van der Waals surface area contributed by atoms with Crippen LogP contribution in [0, 0.1) is 11.3 Å². The first kappa shape index (κ1) is 22.0. The minimum Gasteiger partial charge on any atom is -0.340 e. The highest BCUT2D eigenvalue weighted by atomic mass is 16.2. The normalized spacial score (nSPS) is 14.6. The molecule has 1 amide bonds. The second-order valence-electron chi connectivity index (χ2n) is 8.14. The molecule has 0 atom stereocenters. The maximum absolute atomic E-state index is 12.4. The van der Waals surface area contributed by atoms with Crippen molar-refractivity contribution >= 4 is 5.91 Å². The highest BCUT2D eigenvalue weighted by Gasteiger charge is 2.21. The van der Waals surface area contributed by atoms with Crippen molar-refractivity contribution in [2.24, 2.45) is 0 Å². The van der Waals surface area contributed by atoms with Gasteiger partial charge in [0.15, 0.2) is 0 Å². The van der Waals surface area contributed by atoms with Gasteiger partial charge in [0.05, 0.1) is 23.7 Å². The molecule has 2 heterocycles. The van der Waals surface area contributed by atoms with Gasteiger partial charge in [0.2, 0.25) is 5.91 Å². The van der Waals surface area contributed by atoms with E-state index in [1.807, 2.05) is 41.7 Å². The van der Waals surface area contributed by atoms with Gasteiger partial charge in [-0.25, -0.2) is 4.98 Å². The van der Waals surface area contributed by atoms with Crippen LogP contribution in [0.5, 0.6) is 0 Å². The molecule has 1 aromatic carbocycles. The summed E-state index contributed by atoms with van der Waals surface area (Å²) in [4.78, 5) is 21.2. The summed E-state index contributed by atoms with van der Waals surface area (Å²) < 4.78 is 2.16. The number of benzene rings is 1. The van der Waals surface area contributed by atoms with E-state index in [4.69, 9.17) is 5.26 Å². The number of hydrogen-bond donors (Lipinski definition) is 0. The standard InChI is InChI=1S/C24H33N5O/c1-2-3-4-5-6-7-24(30)28-14-12-27(13-15-28)19-23-17-26-20-29(23)18-22-10-8-21(16-25)9-11-22/h8-11,17,20H,2-7,12-15,18-19H2,1H3. The Bertz CT molecular complexity index is 828. The molecule has 6 nitrogen and oxygen atoms in total. The Morgan fingerprint density at radius 2 is 1.77 bits per heavy atom. The van der Waals surface area contributed by atoms with Crippen molar-refractivity contribution in [2.45, 2.75) is 58.5 Å². The van der Waals surface area contributed by atoms with Crippen LogP contribution in [-0.4, -0.2) is 51.4 Å². The van der Waals surface area contributed by atoms with Gasteiger partial charge in [0.1, 0.15) is 0 Å². The van der Waals surface area contributed by atoms with Crippen LogP contribution in [0.2, 0.25) is 0 Å². The number of unbranched alkanes of at least 4 members (excludes halogenated alkanes) is 4. The third-order valence-corrected chi connectivity index (χ3v) is 5.84. The van der Waals surface area contributed by atoms with Crippen molar-refractivity contribution < 1.29 is 4.79 Å². The second kappa shape index (κ2) is 11.5. The number of rotatable bonds is 10. The summed E-state index contributed by atoms with van der Waals surface area (Å²) in [6, 6.07) is 9.85. The van der Waals surface area contributed by atoms with E-state index in [0.717, 1.165) is 51.3 Å². The first-order valence-electron chi connectivity index (χ1n) is 11.2. The van der Waals surface area contributed by atoms with Gasteiger partial charge in [-0.3, -0.25) is 9.69 Å². The molecule has 0 aliphatic carbocycles. The number of amides is 1. The van der Waals surface area contributed by atoms with Gasteiger partial charge in [-0.05, 0) is 24.1 Å². The molecule has 0 spiro atoms. The van der Waals surface area contributed by atoms with E-state index in [-0.39, 0.29) is 0 Å².